The minimum Gasteiger partial charge on any atom is -0.622 e. The lowest BCUT2D eigenvalue weighted by molar-refractivity contribution is -0.531. The van der Waals surface area contributed by atoms with Gasteiger partial charge in [-0.2, -0.15) is 4.74 Å². The first-order valence-corrected chi connectivity index (χ1v) is 5.85. The van der Waals surface area contributed by atoms with Crippen molar-refractivity contribution < 1.29 is 14.3 Å². The molecular weight excluding hydrogens is 235 g/mol. The van der Waals surface area contributed by atoms with Gasteiger partial charge in [-0.3, -0.25) is 0 Å². The van der Waals surface area contributed by atoms with Crippen molar-refractivity contribution in [2.75, 3.05) is 0 Å². The van der Waals surface area contributed by atoms with Crippen molar-refractivity contribution in [2.45, 2.75) is 39.4 Å². The molecule has 1 aromatic rings. The molecule has 1 N–H and O–H groups in total. The highest BCUT2D eigenvalue weighted by Gasteiger charge is 2.50. The number of halogens is 1. The van der Waals surface area contributed by atoms with Crippen LogP contribution in [0.4, 0.5) is 4.39 Å². The van der Waals surface area contributed by atoms with Crippen molar-refractivity contribution in [3.05, 3.63) is 40.4 Å². The summed E-state index contributed by atoms with van der Waals surface area (Å²) in [6.45, 7) is 6.79. The highest BCUT2D eigenvalue weighted by molar-refractivity contribution is 6.04. The van der Waals surface area contributed by atoms with E-state index in [1.54, 1.807) is 39.8 Å². The Bertz CT molecular complexity index is 526. The Hall–Kier alpha value is -1.46. The van der Waals surface area contributed by atoms with Crippen LogP contribution in [0.25, 0.3) is 0 Å². The Balaban J connectivity index is 2.58. The number of nitrogens with zero attached hydrogens (tertiary/aromatic N) is 2. The molecule has 2 rings (SSSR count). The van der Waals surface area contributed by atoms with Crippen LogP contribution in [0.5, 0.6) is 0 Å². The Labute approximate surface area is 106 Å². The molecule has 0 saturated carbocycles. The smallest absolute Gasteiger partial charge is 0.238 e. The van der Waals surface area contributed by atoms with Gasteiger partial charge >= 0.3 is 0 Å². The topological polar surface area (TPSA) is 49.5 Å². The van der Waals surface area contributed by atoms with Crippen molar-refractivity contribution in [3.8, 4) is 0 Å². The lowest BCUT2D eigenvalue weighted by Crippen LogP contribution is -2.45. The average Bonchev–Trinajstić information content (AvgIpc) is 2.44. The van der Waals surface area contributed by atoms with Gasteiger partial charge < -0.3 is 10.4 Å². The molecule has 1 aliphatic heterocycles. The molecule has 0 radical (unpaired) electrons. The summed E-state index contributed by atoms with van der Waals surface area (Å²) in [6.07, 6.45) is -0.652. The molecule has 0 aromatic heterocycles. The Morgan fingerprint density at radius 1 is 1.44 bits per heavy atom. The normalized spacial score (nSPS) is 23.8. The van der Waals surface area contributed by atoms with Crippen molar-refractivity contribution in [1.82, 2.24) is 5.06 Å². The zero-order valence-electron chi connectivity index (χ0n) is 10.9. The zero-order valence-corrected chi connectivity index (χ0v) is 10.9. The van der Waals surface area contributed by atoms with Crippen molar-refractivity contribution in [1.29, 1.82) is 0 Å². The Morgan fingerprint density at radius 2 is 2.06 bits per heavy atom. The summed E-state index contributed by atoms with van der Waals surface area (Å²) in [6, 6.07) is 4.53. The first-order chi connectivity index (χ1) is 8.26. The third kappa shape index (κ3) is 1.71. The fourth-order valence-corrected chi connectivity index (χ4v) is 2.40. The number of hydroxylamine groups is 3. The molecule has 0 fully saturated rings. The molecule has 0 saturated heterocycles. The molecule has 0 aliphatic carbocycles. The van der Waals surface area contributed by atoms with Gasteiger partial charge in [-0.15, -0.1) is 5.06 Å². The average molecular weight is 252 g/mol. The van der Waals surface area contributed by atoms with Gasteiger partial charge in [-0.25, -0.2) is 4.39 Å². The van der Waals surface area contributed by atoms with E-state index in [1.807, 2.05) is 0 Å². The van der Waals surface area contributed by atoms with Crippen LogP contribution in [0.2, 0.25) is 0 Å². The molecule has 1 unspecified atom stereocenters. The van der Waals surface area contributed by atoms with Crippen LogP contribution in [0.3, 0.4) is 0 Å². The van der Waals surface area contributed by atoms with Gasteiger partial charge in [0.1, 0.15) is 11.4 Å². The van der Waals surface area contributed by atoms with Crippen LogP contribution >= 0.6 is 0 Å². The van der Waals surface area contributed by atoms with Gasteiger partial charge in [-0.05, 0) is 44.5 Å². The second-order valence-electron chi connectivity index (χ2n) is 5.17. The fraction of sp³-hybridized carbons (Fsp3) is 0.462. The van der Waals surface area contributed by atoms with Crippen LogP contribution in [0, 0.1) is 17.9 Å². The van der Waals surface area contributed by atoms with Gasteiger partial charge in [0, 0.05) is 12.5 Å². The summed E-state index contributed by atoms with van der Waals surface area (Å²) in [7, 11) is 0. The first kappa shape index (κ1) is 13.0. The first-order valence-electron chi connectivity index (χ1n) is 5.85. The van der Waals surface area contributed by atoms with E-state index < -0.39 is 11.7 Å². The summed E-state index contributed by atoms with van der Waals surface area (Å²) < 4.78 is 14.0. The quantitative estimate of drug-likeness (QED) is 0.616. The van der Waals surface area contributed by atoms with E-state index in [2.05, 4.69) is 0 Å². The number of benzene rings is 1. The highest BCUT2D eigenvalue weighted by atomic mass is 19.1. The maximum absolute atomic E-state index is 13.3. The lowest BCUT2D eigenvalue weighted by Gasteiger charge is -2.24. The summed E-state index contributed by atoms with van der Waals surface area (Å²) in [5.41, 5.74) is 0.761. The summed E-state index contributed by atoms with van der Waals surface area (Å²) in [5.74, 6) is -0.304. The maximum Gasteiger partial charge on any atom is 0.238 e. The summed E-state index contributed by atoms with van der Waals surface area (Å²) in [5, 5.41) is 23.1. The van der Waals surface area contributed by atoms with E-state index in [9.17, 15) is 14.8 Å². The zero-order chi connectivity index (χ0) is 13.7. The van der Waals surface area contributed by atoms with Gasteiger partial charge in [0.2, 0.25) is 11.9 Å². The largest absolute Gasteiger partial charge is 0.622 e. The Kier molecular flexibility index (Phi) is 2.91. The van der Waals surface area contributed by atoms with Crippen molar-refractivity contribution >= 4 is 5.71 Å². The molecule has 98 valence electrons. The Morgan fingerprint density at radius 3 is 2.50 bits per heavy atom. The monoisotopic (exact) mass is 252 g/mol. The maximum atomic E-state index is 13.3. The SMILES string of the molecule is Cc1cc(C2=[N+]([O-])C(C)N(O)C2(C)C)ccc1F. The van der Waals surface area contributed by atoms with Gasteiger partial charge in [-0.1, -0.05) is 0 Å². The number of aryl methyl sites for hydroxylation is 1. The lowest BCUT2D eigenvalue weighted by atomic mass is 9.92. The van der Waals surface area contributed by atoms with Crippen molar-refractivity contribution in [2.24, 2.45) is 0 Å². The second kappa shape index (κ2) is 4.03. The standard InChI is InChI=1S/C13H17FN2O2/c1-8-7-10(5-6-11(8)14)12-13(3,4)16(18)9(2)15(12)17/h5-7,9,18H,1-4H3. The summed E-state index contributed by atoms with van der Waals surface area (Å²) in [4.78, 5) is 0. The molecule has 0 bridgehead atoms. The third-order valence-electron chi connectivity index (χ3n) is 3.50. The molecule has 1 atom stereocenters. The predicted molar refractivity (Wildman–Crippen MR) is 66.0 cm³/mol. The van der Waals surface area contributed by atoms with Crippen molar-refractivity contribution in [3.63, 3.8) is 0 Å². The molecule has 1 heterocycles. The molecular formula is C13H17FN2O2. The molecule has 0 spiro atoms. The van der Waals surface area contributed by atoms with Crippen LogP contribution in [-0.2, 0) is 0 Å². The highest BCUT2D eigenvalue weighted by Crippen LogP contribution is 2.29. The van der Waals surface area contributed by atoms with Crippen LogP contribution < -0.4 is 0 Å². The molecule has 1 aromatic carbocycles. The fourth-order valence-electron chi connectivity index (χ4n) is 2.40. The minimum absolute atomic E-state index is 0.304. The van der Waals surface area contributed by atoms with E-state index in [-0.39, 0.29) is 5.82 Å². The number of hydrogen-bond donors (Lipinski definition) is 1. The van der Waals surface area contributed by atoms with Gasteiger partial charge in [0.25, 0.3) is 0 Å². The molecule has 4 nitrogen and oxygen atoms in total. The van der Waals surface area contributed by atoms with Crippen LogP contribution in [0.15, 0.2) is 18.2 Å². The minimum atomic E-state index is -0.800. The third-order valence-corrected chi connectivity index (χ3v) is 3.50. The summed E-state index contributed by atoms with van der Waals surface area (Å²) >= 11 is 0. The van der Waals surface area contributed by atoms with Gasteiger partial charge in [0.05, 0.1) is 0 Å². The van der Waals surface area contributed by atoms with Gasteiger partial charge in [0.15, 0.2) is 0 Å². The van der Waals surface area contributed by atoms with E-state index in [0.29, 0.717) is 16.8 Å². The van der Waals surface area contributed by atoms with Crippen LogP contribution in [0.1, 0.15) is 31.9 Å². The number of rotatable bonds is 1. The molecule has 18 heavy (non-hydrogen) atoms. The predicted octanol–water partition coefficient (Wildman–Crippen LogP) is 2.26. The van der Waals surface area contributed by atoms with Crippen LogP contribution in [-0.4, -0.2) is 32.4 Å². The van der Waals surface area contributed by atoms with E-state index >= 15 is 0 Å². The number of hydrogen-bond acceptors (Lipinski definition) is 3. The van der Waals surface area contributed by atoms with E-state index in [4.69, 9.17) is 0 Å². The van der Waals surface area contributed by atoms with E-state index in [1.165, 1.54) is 6.07 Å². The molecule has 1 aliphatic rings. The van der Waals surface area contributed by atoms with E-state index in [0.717, 1.165) is 9.80 Å². The second-order valence-corrected chi connectivity index (χ2v) is 5.17. The molecule has 0 amide bonds. The molecule has 5 heteroatoms.